The van der Waals surface area contributed by atoms with E-state index in [0.29, 0.717) is 6.04 Å². The highest BCUT2D eigenvalue weighted by molar-refractivity contribution is 5.92. The normalized spacial score (nSPS) is 12.9. The van der Waals surface area contributed by atoms with E-state index in [0.717, 1.165) is 6.42 Å². The van der Waals surface area contributed by atoms with Crippen molar-refractivity contribution >= 4 is 16.6 Å². The van der Waals surface area contributed by atoms with Crippen molar-refractivity contribution in [3.63, 3.8) is 0 Å². The van der Waals surface area contributed by atoms with Gasteiger partial charge in [-0.2, -0.15) is 0 Å². The quantitative estimate of drug-likeness (QED) is 0.776. The molecular formula is C14H19N2. The molecule has 85 valence electrons. The summed E-state index contributed by atoms with van der Waals surface area (Å²) in [5.74, 6) is 0. The first kappa shape index (κ1) is 11.1. The summed E-state index contributed by atoms with van der Waals surface area (Å²) in [6.07, 6.45) is 5.41. The number of H-pyrrole nitrogens is 1. The lowest BCUT2D eigenvalue weighted by Gasteiger charge is -2.13. The van der Waals surface area contributed by atoms with E-state index in [9.17, 15) is 0 Å². The summed E-state index contributed by atoms with van der Waals surface area (Å²) in [4.78, 5) is 3.27. The molecule has 1 aromatic carbocycles. The molecule has 2 heteroatoms. The maximum absolute atomic E-state index is 3.87. The van der Waals surface area contributed by atoms with Gasteiger partial charge in [-0.05, 0) is 19.4 Å². The maximum Gasteiger partial charge on any atom is 0.0599 e. The summed E-state index contributed by atoms with van der Waals surface area (Å²) in [5, 5.41) is 4.81. The lowest BCUT2D eigenvalue weighted by Crippen LogP contribution is -2.14. The summed E-state index contributed by atoms with van der Waals surface area (Å²) in [6, 6.07) is 8.86. The van der Waals surface area contributed by atoms with Crippen LogP contribution < -0.4 is 5.32 Å². The van der Waals surface area contributed by atoms with Crippen LogP contribution in [0, 0.1) is 6.92 Å². The minimum absolute atomic E-state index is 0.501. The van der Waals surface area contributed by atoms with Gasteiger partial charge >= 0.3 is 0 Å². The van der Waals surface area contributed by atoms with Crippen LogP contribution in [0.25, 0.3) is 10.9 Å². The molecule has 0 amide bonds. The summed E-state index contributed by atoms with van der Waals surface area (Å²) in [5.41, 5.74) is 2.39. The Labute approximate surface area is 97.1 Å². The van der Waals surface area contributed by atoms with Crippen LogP contribution in [0.1, 0.15) is 26.2 Å². The molecular weight excluding hydrogens is 196 g/mol. The van der Waals surface area contributed by atoms with E-state index >= 15 is 0 Å². The van der Waals surface area contributed by atoms with Crippen molar-refractivity contribution in [3.8, 4) is 0 Å². The number of fused-ring (bicyclic) bond motifs is 1. The van der Waals surface area contributed by atoms with Crippen LogP contribution >= 0.6 is 0 Å². The Morgan fingerprint density at radius 1 is 1.38 bits per heavy atom. The zero-order valence-electron chi connectivity index (χ0n) is 9.79. The van der Waals surface area contributed by atoms with Gasteiger partial charge in [0.1, 0.15) is 0 Å². The third kappa shape index (κ3) is 2.38. The minimum Gasteiger partial charge on any atom is -0.381 e. The van der Waals surface area contributed by atoms with E-state index in [1.165, 1.54) is 29.4 Å². The van der Waals surface area contributed by atoms with Crippen molar-refractivity contribution < 1.29 is 0 Å². The molecule has 2 nitrogen and oxygen atoms in total. The molecule has 16 heavy (non-hydrogen) atoms. The molecule has 0 spiro atoms. The fourth-order valence-electron chi connectivity index (χ4n) is 1.98. The predicted octanol–water partition coefficient (Wildman–Crippen LogP) is 3.97. The van der Waals surface area contributed by atoms with Crippen LogP contribution in [0.3, 0.4) is 0 Å². The largest absolute Gasteiger partial charge is 0.381 e. The van der Waals surface area contributed by atoms with E-state index in [1.807, 2.05) is 6.20 Å². The number of nitrogens with one attached hydrogen (secondary N) is 2. The van der Waals surface area contributed by atoms with Crippen LogP contribution in [0.5, 0.6) is 0 Å². The zero-order chi connectivity index (χ0) is 11.4. The summed E-state index contributed by atoms with van der Waals surface area (Å²) >= 11 is 0. The molecule has 0 fully saturated rings. The summed E-state index contributed by atoms with van der Waals surface area (Å²) < 4.78 is 0. The number of anilines is 1. The third-order valence-electron chi connectivity index (χ3n) is 2.88. The highest BCUT2D eigenvalue weighted by Crippen LogP contribution is 2.23. The van der Waals surface area contributed by atoms with E-state index in [4.69, 9.17) is 0 Å². The van der Waals surface area contributed by atoms with Crippen molar-refractivity contribution in [2.75, 3.05) is 5.32 Å². The van der Waals surface area contributed by atoms with Gasteiger partial charge in [0.05, 0.1) is 5.69 Å². The maximum atomic E-state index is 3.87. The predicted molar refractivity (Wildman–Crippen MR) is 70.6 cm³/mol. The van der Waals surface area contributed by atoms with E-state index in [1.54, 1.807) is 0 Å². The highest BCUT2D eigenvalue weighted by Gasteiger charge is 2.05. The molecule has 1 unspecified atom stereocenters. The van der Waals surface area contributed by atoms with Gasteiger partial charge in [-0.15, -0.1) is 0 Å². The van der Waals surface area contributed by atoms with E-state index in [-0.39, 0.29) is 0 Å². The van der Waals surface area contributed by atoms with Gasteiger partial charge in [-0.1, -0.05) is 38.0 Å². The highest BCUT2D eigenvalue weighted by atomic mass is 14.9. The average Bonchev–Trinajstić information content (AvgIpc) is 2.70. The smallest absolute Gasteiger partial charge is 0.0599 e. The van der Waals surface area contributed by atoms with E-state index in [2.05, 4.69) is 48.4 Å². The fourth-order valence-corrected chi connectivity index (χ4v) is 1.98. The Kier molecular flexibility index (Phi) is 3.50. The molecule has 2 aromatic rings. The Morgan fingerprint density at radius 2 is 2.19 bits per heavy atom. The van der Waals surface area contributed by atoms with Crippen LogP contribution in [0.4, 0.5) is 5.69 Å². The molecule has 1 aromatic heterocycles. The number of unbranched alkanes of at least 4 members (excludes halogenated alkanes) is 1. The van der Waals surface area contributed by atoms with Gasteiger partial charge in [-0.3, -0.25) is 0 Å². The molecule has 1 radical (unpaired) electrons. The van der Waals surface area contributed by atoms with Gasteiger partial charge in [0.25, 0.3) is 0 Å². The number of para-hydroxylation sites is 1. The second-order valence-corrected chi connectivity index (χ2v) is 4.29. The van der Waals surface area contributed by atoms with Gasteiger partial charge < -0.3 is 10.3 Å². The fraction of sp³-hybridized carbons (Fsp3) is 0.357. The minimum atomic E-state index is 0.501. The number of hydrogen-bond donors (Lipinski definition) is 2. The third-order valence-corrected chi connectivity index (χ3v) is 2.88. The molecule has 0 bridgehead atoms. The Bertz CT molecular complexity index is 445. The molecule has 1 heterocycles. The molecule has 0 saturated heterocycles. The number of aromatic amines is 1. The van der Waals surface area contributed by atoms with Crippen molar-refractivity contribution in [3.05, 3.63) is 37.4 Å². The average molecular weight is 215 g/mol. The Morgan fingerprint density at radius 3 is 3.00 bits per heavy atom. The number of benzene rings is 1. The first-order chi connectivity index (χ1) is 7.81. The molecule has 0 aliphatic rings. The zero-order valence-corrected chi connectivity index (χ0v) is 9.79. The van der Waals surface area contributed by atoms with Crippen molar-refractivity contribution in [1.29, 1.82) is 0 Å². The van der Waals surface area contributed by atoms with Gasteiger partial charge in [0.15, 0.2) is 0 Å². The first-order valence-corrected chi connectivity index (χ1v) is 5.93. The van der Waals surface area contributed by atoms with Gasteiger partial charge in [0, 0.05) is 23.1 Å². The first-order valence-electron chi connectivity index (χ1n) is 5.93. The van der Waals surface area contributed by atoms with Gasteiger partial charge in [0.2, 0.25) is 0 Å². The second-order valence-electron chi connectivity index (χ2n) is 4.29. The number of hydrogen-bond acceptors (Lipinski definition) is 1. The molecule has 2 N–H and O–H groups in total. The van der Waals surface area contributed by atoms with Crippen LogP contribution in [-0.4, -0.2) is 11.0 Å². The topological polar surface area (TPSA) is 27.8 Å². The molecule has 2 rings (SSSR count). The lowest BCUT2D eigenvalue weighted by molar-refractivity contribution is 0.662. The second kappa shape index (κ2) is 5.06. The molecule has 1 atom stereocenters. The molecule has 0 aliphatic carbocycles. The Hall–Kier alpha value is -1.44. The monoisotopic (exact) mass is 215 g/mol. The number of aromatic nitrogens is 1. The van der Waals surface area contributed by atoms with Crippen molar-refractivity contribution in [2.24, 2.45) is 0 Å². The van der Waals surface area contributed by atoms with E-state index < -0.39 is 0 Å². The van der Waals surface area contributed by atoms with Gasteiger partial charge in [-0.25, -0.2) is 0 Å². The Balaban J connectivity index is 2.09. The molecule has 0 aliphatic heterocycles. The summed E-state index contributed by atoms with van der Waals surface area (Å²) in [6.45, 7) is 6.09. The van der Waals surface area contributed by atoms with Crippen molar-refractivity contribution in [2.45, 2.75) is 32.2 Å². The van der Waals surface area contributed by atoms with Crippen molar-refractivity contribution in [1.82, 2.24) is 4.98 Å². The number of rotatable bonds is 5. The lowest BCUT2D eigenvalue weighted by atomic mass is 10.1. The standard InChI is InChI=1S/C14H19N2/c1-3-4-7-11(2)16-14-10-15-13-9-6-5-8-12(13)14/h5-6,8-11,15-16H,1,3-4,7H2,2H3. The molecule has 0 saturated carbocycles. The SMILES string of the molecule is [CH2]CCCC(C)Nc1c[nH]c2ccccc12. The van der Waals surface area contributed by atoms with Crippen LogP contribution in [0.15, 0.2) is 30.5 Å². The summed E-state index contributed by atoms with van der Waals surface area (Å²) in [7, 11) is 0. The van der Waals surface area contributed by atoms with Crippen LogP contribution in [0.2, 0.25) is 0 Å². The van der Waals surface area contributed by atoms with Crippen LogP contribution in [-0.2, 0) is 0 Å².